The van der Waals surface area contributed by atoms with Gasteiger partial charge in [-0.2, -0.15) is 0 Å². The summed E-state index contributed by atoms with van der Waals surface area (Å²) in [6, 6.07) is 2.69. The van der Waals surface area contributed by atoms with E-state index in [4.69, 9.17) is 0 Å². The molecule has 2 amide bonds. The number of benzene rings is 1. The number of nitrogens with one attached hydrogen (secondary N) is 3. The minimum absolute atomic E-state index is 0.156. The molecular formula is C22H30N4O4S. The average molecular weight is 447 g/mol. The number of fused-ring (bicyclic) bond motifs is 3. The predicted octanol–water partition coefficient (Wildman–Crippen LogP) is 2.84. The van der Waals surface area contributed by atoms with Gasteiger partial charge >= 0.3 is 6.03 Å². The number of amides is 2. The number of sulfonamides is 1. The summed E-state index contributed by atoms with van der Waals surface area (Å²) in [5, 5.41) is 17.6. The van der Waals surface area contributed by atoms with Crippen molar-refractivity contribution < 1.29 is 18.3 Å². The number of carbonyl (C=O) groups is 1. The maximum atomic E-state index is 13.2. The number of aliphatic hydroxyl groups excluding tert-OH is 1. The number of rotatable bonds is 7. The first kappa shape index (κ1) is 22.0. The van der Waals surface area contributed by atoms with E-state index in [1.165, 1.54) is 0 Å². The molecule has 2 unspecified atom stereocenters. The molecule has 0 bridgehead atoms. The molecule has 31 heavy (non-hydrogen) atoms. The molecule has 1 heterocycles. The third-order valence-corrected chi connectivity index (χ3v) is 7.32. The molecule has 0 saturated heterocycles. The maximum absolute atomic E-state index is 13.2. The van der Waals surface area contributed by atoms with Gasteiger partial charge in [0, 0.05) is 48.1 Å². The van der Waals surface area contributed by atoms with Crippen molar-refractivity contribution in [2.24, 2.45) is 5.92 Å². The molecule has 2 aromatic rings. The van der Waals surface area contributed by atoms with Crippen LogP contribution in [0.15, 0.2) is 23.2 Å². The monoisotopic (exact) mass is 446 g/mol. The van der Waals surface area contributed by atoms with E-state index in [0.29, 0.717) is 35.3 Å². The van der Waals surface area contributed by atoms with Crippen molar-refractivity contribution in [2.45, 2.75) is 63.0 Å². The standard InChI is InChI=1S/C22H30N4O4S/c1-4-23-22(28)26-18-9-19(27)15-8-20(31(29,30)25-10-12(2)3)14-7-17(13-5-6-13)24-11-16(14)21(15)18/h7-8,11-13,18-19,25,27H,4-6,9-10H2,1-3H3,(H2,23,26,28). The first-order valence-electron chi connectivity index (χ1n) is 10.9. The van der Waals surface area contributed by atoms with Gasteiger partial charge in [0.15, 0.2) is 0 Å². The van der Waals surface area contributed by atoms with E-state index >= 15 is 0 Å². The number of hydrogen-bond donors (Lipinski definition) is 4. The van der Waals surface area contributed by atoms with Crippen molar-refractivity contribution in [3.63, 3.8) is 0 Å². The van der Waals surface area contributed by atoms with Gasteiger partial charge in [-0.1, -0.05) is 13.8 Å². The molecule has 168 valence electrons. The molecule has 1 aromatic carbocycles. The molecule has 4 rings (SSSR count). The summed E-state index contributed by atoms with van der Waals surface area (Å²) in [5.41, 5.74) is 2.16. The van der Waals surface area contributed by atoms with E-state index in [9.17, 15) is 18.3 Å². The lowest BCUT2D eigenvalue weighted by molar-refractivity contribution is 0.168. The van der Waals surface area contributed by atoms with Crippen LogP contribution in [0.25, 0.3) is 10.8 Å². The van der Waals surface area contributed by atoms with E-state index in [1.54, 1.807) is 12.3 Å². The molecule has 2 aliphatic rings. The first-order chi connectivity index (χ1) is 14.7. The molecule has 1 saturated carbocycles. The van der Waals surface area contributed by atoms with E-state index in [2.05, 4.69) is 20.3 Å². The van der Waals surface area contributed by atoms with E-state index in [1.807, 2.05) is 26.8 Å². The molecule has 9 heteroatoms. The molecule has 2 aliphatic carbocycles. The number of carbonyl (C=O) groups excluding carboxylic acids is 1. The van der Waals surface area contributed by atoms with E-state index in [0.717, 1.165) is 24.1 Å². The molecule has 2 atom stereocenters. The fourth-order valence-electron chi connectivity index (χ4n) is 4.15. The van der Waals surface area contributed by atoms with Crippen molar-refractivity contribution in [3.8, 4) is 0 Å². The smallest absolute Gasteiger partial charge is 0.315 e. The van der Waals surface area contributed by atoms with Gasteiger partial charge in [-0.15, -0.1) is 0 Å². The van der Waals surface area contributed by atoms with Crippen molar-refractivity contribution in [3.05, 3.63) is 35.2 Å². The summed E-state index contributed by atoms with van der Waals surface area (Å²) in [5.74, 6) is 0.530. The van der Waals surface area contributed by atoms with Gasteiger partial charge in [0.2, 0.25) is 10.0 Å². The lowest BCUT2D eigenvalue weighted by Crippen LogP contribution is -2.37. The number of hydrogen-bond acceptors (Lipinski definition) is 5. The quantitative estimate of drug-likeness (QED) is 0.521. The summed E-state index contributed by atoms with van der Waals surface area (Å²) >= 11 is 0. The average Bonchev–Trinajstić information content (AvgIpc) is 3.51. The second-order valence-corrected chi connectivity index (χ2v) is 10.6. The zero-order chi connectivity index (χ0) is 22.3. The number of pyridine rings is 1. The Morgan fingerprint density at radius 2 is 2.00 bits per heavy atom. The highest BCUT2D eigenvalue weighted by atomic mass is 32.2. The topological polar surface area (TPSA) is 120 Å². The summed E-state index contributed by atoms with van der Waals surface area (Å²) in [6.07, 6.45) is 3.23. The van der Waals surface area contributed by atoms with Crippen molar-refractivity contribution in [1.82, 2.24) is 20.3 Å². The second-order valence-electron chi connectivity index (χ2n) is 8.86. The Kier molecular flexibility index (Phi) is 5.93. The molecule has 0 spiro atoms. The Morgan fingerprint density at radius 3 is 2.65 bits per heavy atom. The van der Waals surface area contributed by atoms with Crippen LogP contribution < -0.4 is 15.4 Å². The Bertz CT molecular complexity index is 1110. The molecule has 1 fully saturated rings. The highest BCUT2D eigenvalue weighted by Crippen LogP contribution is 2.46. The van der Waals surface area contributed by atoms with Crippen LogP contribution >= 0.6 is 0 Å². The Balaban J connectivity index is 1.87. The number of nitrogens with zero attached hydrogens (tertiary/aromatic N) is 1. The molecular weight excluding hydrogens is 416 g/mol. The third-order valence-electron chi connectivity index (χ3n) is 5.85. The highest BCUT2D eigenvalue weighted by molar-refractivity contribution is 7.89. The summed E-state index contributed by atoms with van der Waals surface area (Å²) < 4.78 is 29.1. The lowest BCUT2D eigenvalue weighted by Gasteiger charge is -2.19. The van der Waals surface area contributed by atoms with Crippen LogP contribution in [-0.4, -0.2) is 37.6 Å². The van der Waals surface area contributed by atoms with Gasteiger partial charge in [0.1, 0.15) is 0 Å². The van der Waals surface area contributed by atoms with E-state index < -0.39 is 22.2 Å². The van der Waals surface area contributed by atoms with Crippen molar-refractivity contribution in [2.75, 3.05) is 13.1 Å². The summed E-state index contributed by atoms with van der Waals surface area (Å²) in [7, 11) is -3.79. The first-order valence-corrected chi connectivity index (χ1v) is 12.4. The van der Waals surface area contributed by atoms with Crippen LogP contribution in [0.1, 0.15) is 74.9 Å². The van der Waals surface area contributed by atoms with Gasteiger partial charge in [-0.05, 0) is 48.9 Å². The molecule has 0 radical (unpaired) electrons. The van der Waals surface area contributed by atoms with Crippen molar-refractivity contribution in [1.29, 1.82) is 0 Å². The predicted molar refractivity (Wildman–Crippen MR) is 118 cm³/mol. The van der Waals surface area contributed by atoms with Crippen LogP contribution in [-0.2, 0) is 10.0 Å². The van der Waals surface area contributed by atoms with Crippen LogP contribution in [0.5, 0.6) is 0 Å². The second kappa shape index (κ2) is 8.37. The third kappa shape index (κ3) is 4.40. The SMILES string of the molecule is CCNC(=O)NC1CC(O)c2cc(S(=O)(=O)NCC(C)C)c3cc(C4CC4)ncc3c21. The fraction of sp³-hybridized carbons (Fsp3) is 0.545. The summed E-state index contributed by atoms with van der Waals surface area (Å²) in [4.78, 5) is 16.9. The van der Waals surface area contributed by atoms with Gasteiger partial charge in [0.05, 0.1) is 17.0 Å². The lowest BCUT2D eigenvalue weighted by atomic mass is 9.99. The Morgan fingerprint density at radius 1 is 1.26 bits per heavy atom. The fourth-order valence-corrected chi connectivity index (χ4v) is 5.60. The Hall–Kier alpha value is -2.23. The largest absolute Gasteiger partial charge is 0.388 e. The van der Waals surface area contributed by atoms with E-state index in [-0.39, 0.29) is 23.3 Å². The van der Waals surface area contributed by atoms with Gasteiger partial charge in [-0.25, -0.2) is 17.9 Å². The highest BCUT2D eigenvalue weighted by Gasteiger charge is 2.36. The maximum Gasteiger partial charge on any atom is 0.315 e. The summed E-state index contributed by atoms with van der Waals surface area (Å²) in [6.45, 7) is 6.53. The minimum atomic E-state index is -3.79. The van der Waals surface area contributed by atoms with Crippen LogP contribution in [0.4, 0.5) is 4.79 Å². The van der Waals surface area contributed by atoms with Gasteiger partial charge in [0.25, 0.3) is 0 Å². The molecule has 1 aromatic heterocycles. The Labute approximate surface area is 182 Å². The zero-order valence-electron chi connectivity index (χ0n) is 18.1. The van der Waals surface area contributed by atoms with Gasteiger partial charge in [-0.3, -0.25) is 4.98 Å². The molecule has 8 nitrogen and oxygen atoms in total. The van der Waals surface area contributed by atoms with Gasteiger partial charge < -0.3 is 15.7 Å². The van der Waals surface area contributed by atoms with Crippen LogP contribution in [0, 0.1) is 5.92 Å². The molecule has 4 N–H and O–H groups in total. The molecule has 0 aliphatic heterocycles. The number of aromatic nitrogens is 1. The normalized spacial score (nSPS) is 20.8. The van der Waals surface area contributed by atoms with Crippen LogP contribution in [0.2, 0.25) is 0 Å². The van der Waals surface area contributed by atoms with Crippen molar-refractivity contribution >= 4 is 26.8 Å². The number of aliphatic hydroxyl groups is 1. The van der Waals surface area contributed by atoms with Crippen LogP contribution in [0.3, 0.4) is 0 Å². The minimum Gasteiger partial charge on any atom is -0.388 e. The zero-order valence-corrected chi connectivity index (χ0v) is 18.9. The number of urea groups is 1.